The summed E-state index contributed by atoms with van der Waals surface area (Å²) in [6, 6.07) is 10.5. The van der Waals surface area contributed by atoms with Crippen LogP contribution in [0.15, 0.2) is 36.4 Å². The molecule has 0 heterocycles. The van der Waals surface area contributed by atoms with E-state index in [9.17, 15) is 4.79 Å². The fourth-order valence-electron chi connectivity index (χ4n) is 1.84. The number of halogens is 2. The predicted molar refractivity (Wildman–Crippen MR) is 85.1 cm³/mol. The molecule has 0 radical (unpaired) electrons. The van der Waals surface area contributed by atoms with Crippen molar-refractivity contribution in [1.29, 1.82) is 0 Å². The second-order valence-electron chi connectivity index (χ2n) is 4.38. The van der Waals surface area contributed by atoms with Crippen LogP contribution >= 0.6 is 23.2 Å². The van der Waals surface area contributed by atoms with Crippen molar-refractivity contribution in [2.24, 2.45) is 0 Å². The number of anilines is 2. The molecule has 0 atom stereocenters. The lowest BCUT2D eigenvalue weighted by Gasteiger charge is -2.11. The van der Waals surface area contributed by atoms with Crippen molar-refractivity contribution in [2.45, 2.75) is 6.92 Å². The Hall–Kier alpha value is -1.71. The number of carbonyl (C=O) groups is 1. The van der Waals surface area contributed by atoms with Gasteiger partial charge in [-0.1, -0.05) is 29.3 Å². The van der Waals surface area contributed by atoms with Gasteiger partial charge in [0.2, 0.25) is 0 Å². The van der Waals surface area contributed by atoms with Crippen LogP contribution in [0.2, 0.25) is 10.0 Å². The van der Waals surface area contributed by atoms with Crippen LogP contribution < -0.4 is 10.6 Å². The monoisotopic (exact) mass is 308 g/mol. The Morgan fingerprint density at radius 3 is 2.45 bits per heavy atom. The third-order valence-corrected chi connectivity index (χ3v) is 3.42. The first kappa shape index (κ1) is 14.7. The van der Waals surface area contributed by atoms with Gasteiger partial charge < -0.3 is 10.6 Å². The highest BCUT2D eigenvalue weighted by atomic mass is 35.5. The summed E-state index contributed by atoms with van der Waals surface area (Å²) in [7, 11) is 1.78. The zero-order valence-corrected chi connectivity index (χ0v) is 12.6. The van der Waals surface area contributed by atoms with Crippen LogP contribution in [0.25, 0.3) is 0 Å². The van der Waals surface area contributed by atoms with E-state index in [1.165, 1.54) is 0 Å². The summed E-state index contributed by atoms with van der Waals surface area (Å²) in [5.74, 6) is -0.224. The van der Waals surface area contributed by atoms with Crippen LogP contribution in [-0.4, -0.2) is 13.0 Å². The summed E-state index contributed by atoms with van der Waals surface area (Å²) in [6.07, 6.45) is 0. The average molecular weight is 309 g/mol. The Balaban J connectivity index is 2.28. The second kappa shape index (κ2) is 6.16. The highest BCUT2D eigenvalue weighted by Crippen LogP contribution is 2.26. The molecule has 0 aliphatic rings. The van der Waals surface area contributed by atoms with E-state index in [0.717, 1.165) is 11.3 Å². The van der Waals surface area contributed by atoms with Crippen molar-refractivity contribution in [3.63, 3.8) is 0 Å². The molecule has 2 aromatic rings. The van der Waals surface area contributed by atoms with E-state index in [2.05, 4.69) is 10.6 Å². The number of benzene rings is 2. The fraction of sp³-hybridized carbons (Fsp3) is 0.133. The lowest BCUT2D eigenvalue weighted by molar-refractivity contribution is 0.102. The Morgan fingerprint density at radius 1 is 1.05 bits per heavy atom. The molecule has 0 saturated heterocycles. The number of aryl methyl sites for hydroxylation is 1. The lowest BCUT2D eigenvalue weighted by atomic mass is 10.1. The third-order valence-electron chi connectivity index (χ3n) is 2.87. The Kier molecular flexibility index (Phi) is 4.53. The maximum Gasteiger partial charge on any atom is 0.257 e. The van der Waals surface area contributed by atoms with E-state index in [1.807, 2.05) is 19.1 Å². The summed E-state index contributed by atoms with van der Waals surface area (Å²) < 4.78 is 0. The zero-order chi connectivity index (χ0) is 14.7. The summed E-state index contributed by atoms with van der Waals surface area (Å²) in [4.78, 5) is 12.3. The molecule has 0 spiro atoms. The largest absolute Gasteiger partial charge is 0.387 e. The van der Waals surface area contributed by atoms with Gasteiger partial charge in [0.05, 0.1) is 16.3 Å². The maximum atomic E-state index is 12.3. The van der Waals surface area contributed by atoms with Gasteiger partial charge in [0.1, 0.15) is 0 Å². The molecule has 0 bridgehead atoms. The van der Waals surface area contributed by atoms with Crippen molar-refractivity contribution < 1.29 is 4.79 Å². The van der Waals surface area contributed by atoms with E-state index in [-0.39, 0.29) is 5.91 Å². The molecular weight excluding hydrogens is 295 g/mol. The molecule has 5 heteroatoms. The molecule has 0 aliphatic carbocycles. The van der Waals surface area contributed by atoms with Gasteiger partial charge in [-0.2, -0.15) is 0 Å². The number of rotatable bonds is 3. The third kappa shape index (κ3) is 3.24. The highest BCUT2D eigenvalue weighted by Gasteiger charge is 2.12. The summed E-state index contributed by atoms with van der Waals surface area (Å²) in [5.41, 5.74) is 2.94. The van der Waals surface area contributed by atoms with Crippen LogP contribution in [0.3, 0.4) is 0 Å². The maximum absolute atomic E-state index is 12.3. The van der Waals surface area contributed by atoms with Crippen LogP contribution in [0.5, 0.6) is 0 Å². The number of amides is 1. The highest BCUT2D eigenvalue weighted by molar-refractivity contribution is 6.36. The Morgan fingerprint density at radius 2 is 1.80 bits per heavy atom. The van der Waals surface area contributed by atoms with Crippen LogP contribution in [-0.2, 0) is 0 Å². The molecule has 2 rings (SSSR count). The SMILES string of the molecule is CNc1cc(C)ccc1C(=O)Nc1ccc(Cl)cc1Cl. The van der Waals surface area contributed by atoms with Gasteiger partial charge in [-0.15, -0.1) is 0 Å². The molecule has 104 valence electrons. The number of hydrogen-bond donors (Lipinski definition) is 2. The first-order valence-electron chi connectivity index (χ1n) is 6.06. The number of nitrogens with one attached hydrogen (secondary N) is 2. The van der Waals surface area contributed by atoms with Crippen LogP contribution in [0.4, 0.5) is 11.4 Å². The standard InChI is InChI=1S/C15H14Cl2N2O/c1-9-3-5-11(14(7-9)18-2)15(20)19-13-6-4-10(16)8-12(13)17/h3-8,18H,1-2H3,(H,19,20). The summed E-state index contributed by atoms with van der Waals surface area (Å²) in [5, 5.41) is 6.72. The number of hydrogen-bond acceptors (Lipinski definition) is 2. The van der Waals surface area contributed by atoms with E-state index in [0.29, 0.717) is 21.3 Å². The molecular formula is C15H14Cl2N2O. The topological polar surface area (TPSA) is 41.1 Å². The van der Waals surface area contributed by atoms with Crippen molar-refractivity contribution in [3.05, 3.63) is 57.6 Å². The predicted octanol–water partition coefficient (Wildman–Crippen LogP) is 4.60. The molecule has 0 saturated carbocycles. The molecule has 0 fully saturated rings. The van der Waals surface area contributed by atoms with E-state index >= 15 is 0 Å². The molecule has 0 unspecified atom stereocenters. The van der Waals surface area contributed by atoms with Gasteiger partial charge >= 0.3 is 0 Å². The molecule has 0 aromatic heterocycles. The lowest BCUT2D eigenvalue weighted by Crippen LogP contribution is -2.14. The minimum absolute atomic E-state index is 0.224. The van der Waals surface area contributed by atoms with Crippen molar-refractivity contribution in [3.8, 4) is 0 Å². The smallest absolute Gasteiger partial charge is 0.257 e. The summed E-state index contributed by atoms with van der Waals surface area (Å²) in [6.45, 7) is 1.97. The quantitative estimate of drug-likeness (QED) is 0.870. The fourth-order valence-corrected chi connectivity index (χ4v) is 2.30. The minimum atomic E-state index is -0.224. The van der Waals surface area contributed by atoms with E-state index in [1.54, 1.807) is 31.3 Å². The van der Waals surface area contributed by atoms with Gasteiger partial charge in [0.15, 0.2) is 0 Å². The van der Waals surface area contributed by atoms with Gasteiger partial charge in [-0.05, 0) is 42.8 Å². The molecule has 20 heavy (non-hydrogen) atoms. The van der Waals surface area contributed by atoms with Crippen molar-refractivity contribution in [1.82, 2.24) is 0 Å². The molecule has 0 aliphatic heterocycles. The van der Waals surface area contributed by atoms with Gasteiger partial charge in [0, 0.05) is 17.8 Å². The van der Waals surface area contributed by atoms with E-state index in [4.69, 9.17) is 23.2 Å². The van der Waals surface area contributed by atoms with Crippen LogP contribution in [0.1, 0.15) is 15.9 Å². The zero-order valence-electron chi connectivity index (χ0n) is 11.1. The first-order chi connectivity index (χ1) is 9.51. The second-order valence-corrected chi connectivity index (χ2v) is 5.22. The Labute approximate surface area is 127 Å². The van der Waals surface area contributed by atoms with Crippen LogP contribution in [0, 0.1) is 6.92 Å². The van der Waals surface area contributed by atoms with Gasteiger partial charge in [0.25, 0.3) is 5.91 Å². The molecule has 1 amide bonds. The molecule has 2 N–H and O–H groups in total. The van der Waals surface area contributed by atoms with Gasteiger partial charge in [-0.25, -0.2) is 0 Å². The number of carbonyl (C=O) groups excluding carboxylic acids is 1. The van der Waals surface area contributed by atoms with Gasteiger partial charge in [-0.3, -0.25) is 4.79 Å². The van der Waals surface area contributed by atoms with E-state index < -0.39 is 0 Å². The summed E-state index contributed by atoms with van der Waals surface area (Å²) >= 11 is 11.9. The average Bonchev–Trinajstić information content (AvgIpc) is 2.41. The normalized spacial score (nSPS) is 10.2. The minimum Gasteiger partial charge on any atom is -0.387 e. The Bertz CT molecular complexity index is 656. The van der Waals surface area contributed by atoms with Crippen molar-refractivity contribution in [2.75, 3.05) is 17.7 Å². The van der Waals surface area contributed by atoms with Crippen molar-refractivity contribution >= 4 is 40.5 Å². The molecule has 2 aromatic carbocycles. The first-order valence-corrected chi connectivity index (χ1v) is 6.81. The molecule has 3 nitrogen and oxygen atoms in total.